The third-order valence-electron chi connectivity index (χ3n) is 6.29. The first kappa shape index (κ1) is 20.9. The molecule has 0 radical (unpaired) electrons. The Morgan fingerprint density at radius 2 is 1.76 bits per heavy atom. The average Bonchev–Trinajstić information content (AvgIpc) is 3.26. The number of carbonyl (C=O) groups excluding carboxylic acids is 1. The summed E-state index contributed by atoms with van der Waals surface area (Å²) in [6.07, 6.45) is 2.07. The van der Waals surface area contributed by atoms with E-state index in [2.05, 4.69) is 40.3 Å². The first-order valence-electron chi connectivity index (χ1n) is 11.1. The van der Waals surface area contributed by atoms with Crippen LogP contribution >= 0.6 is 0 Å². The summed E-state index contributed by atoms with van der Waals surface area (Å²) in [4.78, 5) is 15.7. The molecule has 0 bridgehead atoms. The number of rotatable bonds is 3. The number of hydrogen-bond donors (Lipinski definition) is 1. The van der Waals surface area contributed by atoms with E-state index in [1.165, 1.54) is 0 Å². The first-order chi connectivity index (χ1) is 16.0. The Balaban J connectivity index is 1.63. The lowest BCUT2D eigenvalue weighted by Gasteiger charge is -2.31. The maximum absolute atomic E-state index is 13.8. The quantitative estimate of drug-likeness (QED) is 0.412. The molecule has 1 unspecified atom stereocenters. The van der Waals surface area contributed by atoms with Crippen molar-refractivity contribution in [3.05, 3.63) is 113 Å². The Morgan fingerprint density at radius 1 is 0.970 bits per heavy atom. The number of para-hydroxylation sites is 1. The number of aromatic nitrogens is 1. The molecule has 1 aromatic heterocycles. The number of carbonyl (C=O) groups is 1. The molecule has 1 N–H and O–H groups in total. The number of hydrogen-bond acceptors (Lipinski definition) is 2. The summed E-state index contributed by atoms with van der Waals surface area (Å²) >= 11 is 0. The largest absolute Gasteiger partial charge is 0.497 e. The second-order valence-electron chi connectivity index (χ2n) is 8.48. The molecule has 2 heterocycles. The van der Waals surface area contributed by atoms with Crippen molar-refractivity contribution in [3.8, 4) is 11.4 Å². The van der Waals surface area contributed by atoms with Crippen LogP contribution in [-0.4, -0.2) is 22.6 Å². The smallest absolute Gasteiger partial charge is 0.322 e. The summed E-state index contributed by atoms with van der Waals surface area (Å²) in [5.41, 5.74) is 7.24. The van der Waals surface area contributed by atoms with Crippen molar-refractivity contribution >= 4 is 11.7 Å². The van der Waals surface area contributed by atoms with Crippen molar-refractivity contribution < 1.29 is 9.53 Å². The van der Waals surface area contributed by atoms with Gasteiger partial charge in [-0.05, 0) is 72.5 Å². The van der Waals surface area contributed by atoms with Crippen LogP contribution in [0.25, 0.3) is 5.69 Å². The van der Waals surface area contributed by atoms with E-state index in [4.69, 9.17) is 4.74 Å². The van der Waals surface area contributed by atoms with E-state index in [9.17, 15) is 4.79 Å². The van der Waals surface area contributed by atoms with Gasteiger partial charge in [0.25, 0.3) is 0 Å². The summed E-state index contributed by atoms with van der Waals surface area (Å²) < 4.78 is 7.56. The molecule has 5 rings (SSSR count). The molecule has 2 amide bonds. The second-order valence-corrected chi connectivity index (χ2v) is 8.48. The van der Waals surface area contributed by atoms with Crippen LogP contribution < -0.4 is 10.1 Å². The van der Waals surface area contributed by atoms with E-state index >= 15 is 0 Å². The summed E-state index contributed by atoms with van der Waals surface area (Å²) in [7, 11) is 1.66. The first-order valence-corrected chi connectivity index (χ1v) is 11.1. The molecule has 5 heteroatoms. The number of fused-ring (bicyclic) bond motifs is 3. The van der Waals surface area contributed by atoms with Crippen LogP contribution in [0.5, 0.6) is 5.75 Å². The Morgan fingerprint density at radius 3 is 2.55 bits per heavy atom. The van der Waals surface area contributed by atoms with Gasteiger partial charge in [-0.3, -0.25) is 0 Å². The van der Waals surface area contributed by atoms with Gasteiger partial charge in [-0.15, -0.1) is 0 Å². The number of benzene rings is 3. The van der Waals surface area contributed by atoms with Gasteiger partial charge in [0.05, 0.1) is 25.4 Å². The molecule has 1 atom stereocenters. The SMILES string of the molecule is COc1ccc(C2c3cccn3-c3ccccc3CN2C(=O)Nc2cc(C)ccc2C)cc1. The highest BCUT2D eigenvalue weighted by Gasteiger charge is 2.33. The molecule has 4 aromatic rings. The van der Waals surface area contributed by atoms with Gasteiger partial charge in [0.1, 0.15) is 5.75 Å². The molecule has 1 aliphatic rings. The third-order valence-corrected chi connectivity index (χ3v) is 6.29. The molecule has 5 nitrogen and oxygen atoms in total. The minimum atomic E-state index is -0.261. The zero-order chi connectivity index (χ0) is 22.9. The van der Waals surface area contributed by atoms with Crippen molar-refractivity contribution in [1.82, 2.24) is 9.47 Å². The Hall–Kier alpha value is -3.99. The predicted octanol–water partition coefficient (Wildman–Crippen LogP) is 6.24. The fraction of sp³-hybridized carbons (Fsp3) is 0.179. The van der Waals surface area contributed by atoms with E-state index in [0.717, 1.165) is 45.1 Å². The summed E-state index contributed by atoms with van der Waals surface area (Å²) in [5.74, 6) is 0.789. The Kier molecular flexibility index (Phi) is 5.38. The lowest BCUT2D eigenvalue weighted by molar-refractivity contribution is 0.194. The van der Waals surface area contributed by atoms with E-state index in [1.54, 1.807) is 7.11 Å². The molecule has 0 saturated heterocycles. The molecule has 3 aromatic carbocycles. The van der Waals surface area contributed by atoms with Crippen LogP contribution in [-0.2, 0) is 6.54 Å². The predicted molar refractivity (Wildman–Crippen MR) is 131 cm³/mol. The number of anilines is 1. The number of aryl methyl sites for hydroxylation is 2. The van der Waals surface area contributed by atoms with Crippen LogP contribution in [0.3, 0.4) is 0 Å². The summed E-state index contributed by atoms with van der Waals surface area (Å²) in [6, 6.07) is 26.1. The van der Waals surface area contributed by atoms with Crippen LogP contribution in [0, 0.1) is 13.8 Å². The molecular weight excluding hydrogens is 410 g/mol. The normalized spacial score (nSPS) is 14.8. The lowest BCUT2D eigenvalue weighted by Crippen LogP contribution is -2.38. The molecule has 0 fully saturated rings. The Labute approximate surface area is 194 Å². The number of nitrogens with one attached hydrogen (secondary N) is 1. The van der Waals surface area contributed by atoms with Gasteiger partial charge in [-0.1, -0.05) is 42.5 Å². The number of nitrogens with zero attached hydrogens (tertiary/aromatic N) is 2. The van der Waals surface area contributed by atoms with Crippen LogP contribution in [0.1, 0.15) is 34.0 Å². The van der Waals surface area contributed by atoms with Gasteiger partial charge < -0.3 is 19.5 Å². The highest BCUT2D eigenvalue weighted by molar-refractivity contribution is 5.91. The highest BCUT2D eigenvalue weighted by Crippen LogP contribution is 2.37. The van der Waals surface area contributed by atoms with Crippen LogP contribution in [0.15, 0.2) is 85.1 Å². The molecule has 0 spiro atoms. The summed E-state index contributed by atoms with van der Waals surface area (Å²) in [5, 5.41) is 3.18. The summed E-state index contributed by atoms with van der Waals surface area (Å²) in [6.45, 7) is 4.54. The molecule has 0 saturated carbocycles. The van der Waals surface area contributed by atoms with Gasteiger partial charge in [0, 0.05) is 17.6 Å². The van der Waals surface area contributed by atoms with Gasteiger partial charge in [-0.25, -0.2) is 4.79 Å². The zero-order valence-corrected chi connectivity index (χ0v) is 19.1. The van der Waals surface area contributed by atoms with E-state index in [-0.39, 0.29) is 12.1 Å². The minimum absolute atomic E-state index is 0.131. The molecule has 166 valence electrons. The average molecular weight is 438 g/mol. The van der Waals surface area contributed by atoms with Crippen molar-refractivity contribution in [2.45, 2.75) is 26.4 Å². The second kappa shape index (κ2) is 8.51. The fourth-order valence-corrected chi connectivity index (χ4v) is 4.53. The van der Waals surface area contributed by atoms with Crippen molar-refractivity contribution in [2.75, 3.05) is 12.4 Å². The lowest BCUT2D eigenvalue weighted by atomic mass is 10.0. The fourth-order valence-electron chi connectivity index (χ4n) is 4.53. The zero-order valence-electron chi connectivity index (χ0n) is 19.1. The van der Waals surface area contributed by atoms with Crippen molar-refractivity contribution in [1.29, 1.82) is 0 Å². The van der Waals surface area contributed by atoms with Crippen molar-refractivity contribution in [3.63, 3.8) is 0 Å². The van der Waals surface area contributed by atoms with Crippen LogP contribution in [0.4, 0.5) is 10.5 Å². The van der Waals surface area contributed by atoms with Gasteiger partial charge in [-0.2, -0.15) is 0 Å². The maximum Gasteiger partial charge on any atom is 0.322 e. The van der Waals surface area contributed by atoms with E-state index in [1.807, 2.05) is 73.3 Å². The molecular formula is C28H27N3O2. The minimum Gasteiger partial charge on any atom is -0.497 e. The van der Waals surface area contributed by atoms with Crippen molar-refractivity contribution in [2.24, 2.45) is 0 Å². The monoisotopic (exact) mass is 437 g/mol. The number of ether oxygens (including phenoxy) is 1. The molecule has 1 aliphatic heterocycles. The third kappa shape index (κ3) is 3.87. The van der Waals surface area contributed by atoms with E-state index in [0.29, 0.717) is 6.54 Å². The Bertz CT molecular complexity index is 1310. The molecule has 33 heavy (non-hydrogen) atoms. The van der Waals surface area contributed by atoms with Crippen LogP contribution in [0.2, 0.25) is 0 Å². The van der Waals surface area contributed by atoms with Gasteiger partial charge in [0.2, 0.25) is 0 Å². The molecule has 0 aliphatic carbocycles. The number of methoxy groups -OCH3 is 1. The topological polar surface area (TPSA) is 46.5 Å². The van der Waals surface area contributed by atoms with Gasteiger partial charge in [0.15, 0.2) is 0 Å². The number of urea groups is 1. The standard InChI is InChI=1S/C28H27N3O2/c1-19-10-11-20(2)24(17-19)29-28(32)31-18-22-7-4-5-8-25(22)30-16-6-9-26(30)27(31)21-12-14-23(33-3)15-13-21/h4-17,27H,18H2,1-3H3,(H,29,32). The van der Waals surface area contributed by atoms with Gasteiger partial charge >= 0.3 is 6.03 Å². The highest BCUT2D eigenvalue weighted by atomic mass is 16.5. The maximum atomic E-state index is 13.8. The number of amides is 2. The van der Waals surface area contributed by atoms with E-state index < -0.39 is 0 Å².